The molecule has 0 amide bonds. The van der Waals surface area contributed by atoms with Gasteiger partial charge in [0.25, 0.3) is 0 Å². The van der Waals surface area contributed by atoms with Crippen LogP contribution in [0.3, 0.4) is 0 Å². The third-order valence-corrected chi connectivity index (χ3v) is 7.36. The Morgan fingerprint density at radius 1 is 1.38 bits per heavy atom. The molecule has 0 aromatic rings. The zero-order valence-electron chi connectivity index (χ0n) is 13.1. The molecule has 0 aliphatic heterocycles. The van der Waals surface area contributed by atoms with Crippen LogP contribution in [0.25, 0.3) is 0 Å². The van der Waals surface area contributed by atoms with Crippen LogP contribution < -0.4 is 5.73 Å². The molecule has 0 aromatic heterocycles. The van der Waals surface area contributed by atoms with E-state index in [9.17, 15) is 27.3 Å². The first-order valence-electron chi connectivity index (χ1n) is 7.84. The van der Waals surface area contributed by atoms with E-state index in [4.69, 9.17) is 15.6 Å². The highest BCUT2D eigenvalue weighted by atomic mass is 32.2. The highest BCUT2D eigenvalue weighted by Gasteiger charge is 2.71. The molecule has 10 heteroatoms. The van der Waals surface area contributed by atoms with Gasteiger partial charge >= 0.3 is 12.1 Å². The number of rotatable bonds is 8. The molecule has 3 saturated carbocycles. The second kappa shape index (κ2) is 6.14. The Hall–Kier alpha value is -0.870. The Labute approximate surface area is 138 Å². The van der Waals surface area contributed by atoms with E-state index in [2.05, 4.69) is 0 Å². The van der Waals surface area contributed by atoms with E-state index in [0.29, 0.717) is 19.3 Å². The molecule has 2 unspecified atom stereocenters. The Morgan fingerprint density at radius 2 is 1.96 bits per heavy atom. The van der Waals surface area contributed by atoms with Gasteiger partial charge in [-0.3, -0.25) is 9.57 Å². The summed E-state index contributed by atoms with van der Waals surface area (Å²) in [5.41, 5.74) is 1.11. The van der Waals surface area contributed by atoms with Gasteiger partial charge in [-0.25, -0.2) is 4.21 Å². The van der Waals surface area contributed by atoms with Gasteiger partial charge in [-0.1, -0.05) is 0 Å². The quantitative estimate of drug-likeness (QED) is 0.516. The Balaban J connectivity index is 2.05. The van der Waals surface area contributed by atoms with E-state index in [1.165, 1.54) is 0 Å². The van der Waals surface area contributed by atoms with Crippen LogP contribution in [0, 0.1) is 16.1 Å². The van der Waals surface area contributed by atoms with Gasteiger partial charge in [-0.05, 0) is 44.4 Å². The van der Waals surface area contributed by atoms with E-state index >= 15 is 0 Å². The van der Waals surface area contributed by atoms with Gasteiger partial charge in [0.2, 0.25) is 0 Å². The summed E-state index contributed by atoms with van der Waals surface area (Å²) in [5.74, 6) is -2.12. The second-order valence-electron chi connectivity index (χ2n) is 7.15. The molecule has 3 aliphatic rings. The SMILES string of the molecule is N=S(=O)(CC[C@H](N)C(=O)O)CCC(O)(C(F)(F)F)C12CCC(C1)C2. The van der Waals surface area contributed by atoms with Crippen LogP contribution in [0.2, 0.25) is 0 Å². The summed E-state index contributed by atoms with van der Waals surface area (Å²) in [5, 5.41) is 19.1. The molecule has 2 bridgehead atoms. The van der Waals surface area contributed by atoms with Gasteiger partial charge < -0.3 is 15.9 Å². The van der Waals surface area contributed by atoms with Crippen molar-refractivity contribution in [2.45, 2.75) is 56.3 Å². The molecule has 3 atom stereocenters. The van der Waals surface area contributed by atoms with E-state index in [1.807, 2.05) is 0 Å². The van der Waals surface area contributed by atoms with Gasteiger partial charge in [-0.2, -0.15) is 13.2 Å². The van der Waals surface area contributed by atoms with E-state index < -0.39 is 56.9 Å². The smallest absolute Gasteiger partial charge is 0.417 e. The average molecular weight is 372 g/mol. The monoisotopic (exact) mass is 372 g/mol. The normalized spacial score (nSPS) is 32.5. The van der Waals surface area contributed by atoms with Gasteiger partial charge in [0.15, 0.2) is 5.60 Å². The van der Waals surface area contributed by atoms with Crippen LogP contribution in [-0.2, 0) is 14.5 Å². The molecule has 140 valence electrons. The molecule has 3 aliphatic carbocycles. The van der Waals surface area contributed by atoms with Crippen LogP contribution in [0.15, 0.2) is 0 Å². The third kappa shape index (κ3) is 3.41. The molecule has 0 radical (unpaired) electrons. The number of nitrogens with one attached hydrogen (secondary N) is 1. The molecule has 3 rings (SSSR count). The molecule has 0 saturated heterocycles. The number of carboxylic acid groups (broad SMARTS) is 1. The van der Waals surface area contributed by atoms with Crippen LogP contribution in [0.5, 0.6) is 0 Å². The van der Waals surface area contributed by atoms with Gasteiger partial charge in [0, 0.05) is 26.6 Å². The fourth-order valence-electron chi connectivity index (χ4n) is 4.04. The topological polar surface area (TPSA) is 124 Å². The van der Waals surface area contributed by atoms with Crippen LogP contribution in [0.1, 0.15) is 38.5 Å². The maximum Gasteiger partial charge on any atom is 0.417 e. The summed E-state index contributed by atoms with van der Waals surface area (Å²) in [6.45, 7) is 0. The molecule has 3 fully saturated rings. The Kier molecular flexibility index (Phi) is 4.97. The van der Waals surface area contributed by atoms with Crippen molar-refractivity contribution >= 4 is 15.7 Å². The lowest BCUT2D eigenvalue weighted by Gasteiger charge is -2.51. The number of hydrogen-bond donors (Lipinski definition) is 4. The molecule has 0 heterocycles. The van der Waals surface area contributed by atoms with Crippen molar-refractivity contribution in [1.82, 2.24) is 0 Å². The minimum absolute atomic E-state index is 0.216. The molecular formula is C14H23F3N2O4S. The first kappa shape index (κ1) is 19.5. The molecular weight excluding hydrogens is 349 g/mol. The number of aliphatic hydroxyl groups is 1. The highest BCUT2D eigenvalue weighted by Crippen LogP contribution is 2.67. The molecule has 0 spiro atoms. The maximum atomic E-state index is 13.5. The predicted molar refractivity (Wildman–Crippen MR) is 80.8 cm³/mol. The number of nitrogens with two attached hydrogens (primary N) is 1. The average Bonchev–Trinajstić information content (AvgIpc) is 3.02. The summed E-state index contributed by atoms with van der Waals surface area (Å²) in [6.07, 6.45) is -4.34. The fraction of sp³-hybridized carbons (Fsp3) is 0.929. The molecule has 5 N–H and O–H groups in total. The zero-order valence-corrected chi connectivity index (χ0v) is 14.0. The first-order valence-corrected chi connectivity index (χ1v) is 9.73. The number of alkyl halides is 3. The van der Waals surface area contributed by atoms with Crippen LogP contribution >= 0.6 is 0 Å². The van der Waals surface area contributed by atoms with Gasteiger partial charge in [-0.15, -0.1) is 0 Å². The lowest BCUT2D eigenvalue weighted by Crippen LogP contribution is -2.61. The standard InChI is InChI=1S/C14H23F3N2O4S/c15-14(16,17)13(22,12-3-1-9(7-12)8-12)4-6-24(19,23)5-2-10(18)11(20)21/h9-10,19,22H,1-8,18H2,(H,20,21)/t9?,10-,12?,13?,24?/m0/s1. The second-order valence-corrected chi connectivity index (χ2v) is 9.59. The van der Waals surface area contributed by atoms with E-state index in [1.54, 1.807) is 0 Å². The fourth-order valence-corrected chi connectivity index (χ4v) is 5.51. The van der Waals surface area contributed by atoms with Crippen molar-refractivity contribution in [2.75, 3.05) is 11.5 Å². The lowest BCUT2D eigenvalue weighted by molar-refractivity contribution is -0.313. The number of fused-ring (bicyclic) bond motifs is 1. The van der Waals surface area contributed by atoms with Crippen molar-refractivity contribution in [1.29, 1.82) is 4.78 Å². The van der Waals surface area contributed by atoms with Crippen molar-refractivity contribution < 1.29 is 32.4 Å². The Bertz CT molecular complexity index is 596. The highest BCUT2D eigenvalue weighted by molar-refractivity contribution is 7.92. The van der Waals surface area contributed by atoms with Crippen molar-refractivity contribution in [3.05, 3.63) is 0 Å². The number of halogens is 3. The van der Waals surface area contributed by atoms with Crippen LogP contribution in [-0.4, -0.2) is 49.7 Å². The van der Waals surface area contributed by atoms with Gasteiger partial charge in [0.05, 0.1) is 0 Å². The van der Waals surface area contributed by atoms with Crippen LogP contribution in [0.4, 0.5) is 13.2 Å². The molecule has 6 nitrogen and oxygen atoms in total. The summed E-state index contributed by atoms with van der Waals surface area (Å²) in [4.78, 5) is 10.6. The van der Waals surface area contributed by atoms with E-state index in [0.717, 1.165) is 0 Å². The lowest BCUT2D eigenvalue weighted by atomic mass is 9.58. The molecule has 0 aromatic carbocycles. The predicted octanol–water partition coefficient (Wildman–Crippen LogP) is 1.71. The minimum atomic E-state index is -4.85. The van der Waals surface area contributed by atoms with Crippen molar-refractivity contribution in [2.24, 2.45) is 17.1 Å². The van der Waals surface area contributed by atoms with Crippen molar-refractivity contribution in [3.63, 3.8) is 0 Å². The third-order valence-electron chi connectivity index (χ3n) is 5.61. The minimum Gasteiger partial charge on any atom is -0.480 e. The largest absolute Gasteiger partial charge is 0.480 e. The van der Waals surface area contributed by atoms with Crippen molar-refractivity contribution in [3.8, 4) is 0 Å². The van der Waals surface area contributed by atoms with E-state index in [-0.39, 0.29) is 18.8 Å². The maximum absolute atomic E-state index is 13.5. The first-order chi connectivity index (χ1) is 10.8. The number of aliphatic carboxylic acids is 1. The summed E-state index contributed by atoms with van der Waals surface area (Å²) >= 11 is 0. The summed E-state index contributed by atoms with van der Waals surface area (Å²) < 4.78 is 60.4. The zero-order chi connectivity index (χ0) is 18.4. The molecule has 24 heavy (non-hydrogen) atoms. The number of carbonyl (C=O) groups is 1. The van der Waals surface area contributed by atoms with Gasteiger partial charge in [0.1, 0.15) is 6.04 Å². The Morgan fingerprint density at radius 3 is 2.38 bits per heavy atom. The summed E-state index contributed by atoms with van der Waals surface area (Å²) in [7, 11) is -3.45. The number of carboxylic acids is 1. The number of hydrogen-bond acceptors (Lipinski definition) is 5. The summed E-state index contributed by atoms with van der Waals surface area (Å²) in [6, 6.07) is -1.31.